The highest BCUT2D eigenvalue weighted by Crippen LogP contribution is 2.26. The number of likely N-dealkylation sites (N-methyl/N-ethyl adjacent to an activating group) is 1. The lowest BCUT2D eigenvalue weighted by atomic mass is 9.93. The summed E-state index contributed by atoms with van der Waals surface area (Å²) in [6.45, 7) is 8.82. The molecule has 0 aliphatic carbocycles. The topological polar surface area (TPSA) is 61.9 Å². The quantitative estimate of drug-likeness (QED) is 0.798. The Morgan fingerprint density at radius 1 is 1.38 bits per heavy atom. The van der Waals surface area contributed by atoms with Gasteiger partial charge in [0.15, 0.2) is 0 Å². The van der Waals surface area contributed by atoms with E-state index in [9.17, 15) is 9.59 Å². The van der Waals surface area contributed by atoms with E-state index in [1.807, 2.05) is 13.8 Å². The molecule has 2 atom stereocenters. The van der Waals surface area contributed by atoms with Crippen molar-refractivity contribution in [3.63, 3.8) is 0 Å². The Bertz CT molecular complexity index is 411. The molecule has 0 saturated carbocycles. The van der Waals surface area contributed by atoms with Crippen molar-refractivity contribution in [3.8, 4) is 0 Å². The van der Waals surface area contributed by atoms with Gasteiger partial charge >= 0.3 is 0 Å². The van der Waals surface area contributed by atoms with E-state index in [2.05, 4.69) is 12.2 Å². The molecule has 2 saturated heterocycles. The van der Waals surface area contributed by atoms with Gasteiger partial charge in [-0.05, 0) is 26.8 Å². The Morgan fingerprint density at radius 2 is 2.10 bits per heavy atom. The van der Waals surface area contributed by atoms with Crippen molar-refractivity contribution in [2.75, 3.05) is 39.9 Å². The molecule has 0 radical (unpaired) electrons. The molecule has 21 heavy (non-hydrogen) atoms. The van der Waals surface area contributed by atoms with Crippen LogP contribution in [0.5, 0.6) is 0 Å². The highest BCUT2D eigenvalue weighted by Gasteiger charge is 2.46. The predicted octanol–water partition coefficient (Wildman–Crippen LogP) is 0.0802. The summed E-state index contributed by atoms with van der Waals surface area (Å²) < 4.78 is 5.49. The molecule has 6 heteroatoms. The molecular formula is C15H27N3O3. The average molecular weight is 297 g/mol. The lowest BCUT2D eigenvalue weighted by molar-refractivity contribution is -0.159. The maximum absolute atomic E-state index is 12.9. The van der Waals surface area contributed by atoms with Gasteiger partial charge in [-0.1, -0.05) is 6.92 Å². The molecule has 2 rings (SSSR count). The molecule has 6 nitrogen and oxygen atoms in total. The number of hydrogen-bond donors (Lipinski definition) is 1. The van der Waals surface area contributed by atoms with Crippen molar-refractivity contribution < 1.29 is 14.3 Å². The number of amides is 2. The molecule has 2 unspecified atom stereocenters. The zero-order chi connectivity index (χ0) is 15.6. The molecule has 0 aromatic carbocycles. The number of carbonyl (C=O) groups is 2. The molecule has 0 bridgehead atoms. The number of nitrogens with zero attached hydrogens (tertiary/aromatic N) is 2. The monoisotopic (exact) mass is 297 g/mol. The average Bonchev–Trinajstić information content (AvgIpc) is 2.90. The van der Waals surface area contributed by atoms with Crippen molar-refractivity contribution in [1.82, 2.24) is 15.1 Å². The van der Waals surface area contributed by atoms with Gasteiger partial charge < -0.3 is 19.9 Å². The van der Waals surface area contributed by atoms with Crippen LogP contribution in [0.3, 0.4) is 0 Å². The van der Waals surface area contributed by atoms with E-state index < -0.39 is 5.54 Å². The lowest BCUT2D eigenvalue weighted by Gasteiger charge is -2.45. The zero-order valence-corrected chi connectivity index (χ0v) is 13.5. The van der Waals surface area contributed by atoms with E-state index in [0.29, 0.717) is 26.3 Å². The minimum absolute atomic E-state index is 0.000849. The van der Waals surface area contributed by atoms with Crippen molar-refractivity contribution >= 4 is 11.8 Å². The summed E-state index contributed by atoms with van der Waals surface area (Å²) in [5.41, 5.74) is -0.776. The maximum Gasteiger partial charge on any atom is 0.247 e. The molecule has 0 spiro atoms. The second-order valence-electron chi connectivity index (χ2n) is 6.48. The van der Waals surface area contributed by atoms with Crippen LogP contribution in [0.15, 0.2) is 0 Å². The van der Waals surface area contributed by atoms with Gasteiger partial charge in [-0.15, -0.1) is 0 Å². The normalized spacial score (nSPS) is 29.0. The first kappa shape index (κ1) is 16.2. The predicted molar refractivity (Wildman–Crippen MR) is 79.8 cm³/mol. The highest BCUT2D eigenvalue weighted by molar-refractivity contribution is 5.92. The Balaban J connectivity index is 2.10. The molecular weight excluding hydrogens is 270 g/mol. The van der Waals surface area contributed by atoms with Gasteiger partial charge in [-0.2, -0.15) is 0 Å². The molecule has 0 aromatic heterocycles. The summed E-state index contributed by atoms with van der Waals surface area (Å²) in [4.78, 5) is 28.6. The molecule has 0 aromatic rings. The van der Waals surface area contributed by atoms with Gasteiger partial charge in [0, 0.05) is 26.2 Å². The summed E-state index contributed by atoms with van der Waals surface area (Å²) in [7, 11) is 1.79. The van der Waals surface area contributed by atoms with Gasteiger partial charge in [0.1, 0.15) is 5.54 Å². The number of piperazine rings is 1. The Morgan fingerprint density at radius 3 is 2.76 bits per heavy atom. The third-order valence-corrected chi connectivity index (χ3v) is 4.52. The fourth-order valence-electron chi connectivity index (χ4n) is 3.13. The second-order valence-corrected chi connectivity index (χ2v) is 6.48. The standard InChI is InChI=1S/C15H27N3O3/c1-5-6-16-12-10-21-9-11(12)13(19)18-8-7-17(4)14(20)15(18,2)3/h11-12,16H,5-10H2,1-4H3. The molecule has 2 aliphatic rings. The number of ether oxygens (including phenoxy) is 1. The third kappa shape index (κ3) is 3.06. The summed E-state index contributed by atoms with van der Waals surface area (Å²) in [6, 6.07) is 0.0583. The van der Waals surface area contributed by atoms with Crippen LogP contribution >= 0.6 is 0 Å². The molecule has 2 heterocycles. The first-order valence-electron chi connectivity index (χ1n) is 7.77. The van der Waals surface area contributed by atoms with Gasteiger partial charge in [0.25, 0.3) is 0 Å². The van der Waals surface area contributed by atoms with Crippen LogP contribution in [0.1, 0.15) is 27.2 Å². The van der Waals surface area contributed by atoms with E-state index in [1.165, 1.54) is 0 Å². The molecule has 2 aliphatic heterocycles. The van der Waals surface area contributed by atoms with Crippen LogP contribution in [-0.2, 0) is 14.3 Å². The summed E-state index contributed by atoms with van der Waals surface area (Å²) in [5.74, 6) is -0.154. The second kappa shape index (κ2) is 6.32. The van der Waals surface area contributed by atoms with E-state index >= 15 is 0 Å². The van der Waals surface area contributed by atoms with Crippen LogP contribution in [0.25, 0.3) is 0 Å². The number of nitrogens with one attached hydrogen (secondary N) is 1. The van der Waals surface area contributed by atoms with Crippen molar-refractivity contribution in [1.29, 1.82) is 0 Å². The minimum atomic E-state index is -0.776. The minimum Gasteiger partial charge on any atom is -0.379 e. The SMILES string of the molecule is CCCNC1COCC1C(=O)N1CCN(C)C(=O)C1(C)C. The fraction of sp³-hybridized carbons (Fsp3) is 0.867. The Hall–Kier alpha value is -1.14. The summed E-state index contributed by atoms with van der Waals surface area (Å²) >= 11 is 0. The van der Waals surface area contributed by atoms with Crippen molar-refractivity contribution in [2.24, 2.45) is 5.92 Å². The smallest absolute Gasteiger partial charge is 0.247 e. The van der Waals surface area contributed by atoms with Gasteiger partial charge in [-0.25, -0.2) is 0 Å². The van der Waals surface area contributed by atoms with Crippen LogP contribution in [0.4, 0.5) is 0 Å². The molecule has 120 valence electrons. The van der Waals surface area contributed by atoms with Gasteiger partial charge in [0.05, 0.1) is 19.1 Å². The van der Waals surface area contributed by atoms with E-state index in [0.717, 1.165) is 13.0 Å². The maximum atomic E-state index is 12.9. The largest absolute Gasteiger partial charge is 0.379 e. The Kier molecular flexibility index (Phi) is 4.88. The van der Waals surface area contributed by atoms with E-state index in [-0.39, 0.29) is 23.8 Å². The third-order valence-electron chi connectivity index (χ3n) is 4.52. The number of hydrogen-bond acceptors (Lipinski definition) is 4. The molecule has 2 amide bonds. The zero-order valence-electron chi connectivity index (χ0n) is 13.5. The number of carbonyl (C=O) groups excluding carboxylic acids is 2. The van der Waals surface area contributed by atoms with Crippen LogP contribution in [-0.4, -0.2) is 73.1 Å². The molecule has 2 fully saturated rings. The number of rotatable bonds is 4. The summed E-state index contributed by atoms with van der Waals surface area (Å²) in [5, 5.41) is 3.38. The van der Waals surface area contributed by atoms with Crippen molar-refractivity contribution in [3.05, 3.63) is 0 Å². The van der Waals surface area contributed by atoms with Crippen LogP contribution < -0.4 is 5.32 Å². The van der Waals surface area contributed by atoms with Crippen LogP contribution in [0.2, 0.25) is 0 Å². The highest BCUT2D eigenvalue weighted by atomic mass is 16.5. The van der Waals surface area contributed by atoms with Gasteiger partial charge in [-0.3, -0.25) is 9.59 Å². The first-order chi connectivity index (χ1) is 9.89. The van der Waals surface area contributed by atoms with E-state index in [4.69, 9.17) is 4.74 Å². The van der Waals surface area contributed by atoms with E-state index in [1.54, 1.807) is 16.8 Å². The summed E-state index contributed by atoms with van der Waals surface area (Å²) in [6.07, 6.45) is 1.02. The lowest BCUT2D eigenvalue weighted by Crippen LogP contribution is -2.65. The van der Waals surface area contributed by atoms with Gasteiger partial charge in [0.2, 0.25) is 11.8 Å². The Labute approximate surface area is 126 Å². The fourth-order valence-corrected chi connectivity index (χ4v) is 3.13. The van der Waals surface area contributed by atoms with Crippen LogP contribution in [0, 0.1) is 5.92 Å². The molecule has 1 N–H and O–H groups in total. The first-order valence-corrected chi connectivity index (χ1v) is 7.77. The van der Waals surface area contributed by atoms with Crippen molar-refractivity contribution in [2.45, 2.75) is 38.8 Å².